The third kappa shape index (κ3) is 4.08. The second-order valence-electron chi connectivity index (χ2n) is 5.01. The number of carbonyl (C=O) groups is 1. The molecule has 1 heterocycles. The van der Waals surface area contributed by atoms with Gasteiger partial charge in [0.05, 0.1) is 17.3 Å². The van der Waals surface area contributed by atoms with Crippen LogP contribution in [-0.4, -0.2) is 31.1 Å². The van der Waals surface area contributed by atoms with Crippen LogP contribution in [0.25, 0.3) is 0 Å². The van der Waals surface area contributed by atoms with E-state index in [2.05, 4.69) is 22.9 Å². The Bertz CT molecular complexity index is 473. The molecule has 1 aliphatic rings. The Morgan fingerprint density at radius 2 is 2.26 bits per heavy atom. The lowest BCUT2D eigenvalue weighted by Gasteiger charge is -2.24. The summed E-state index contributed by atoms with van der Waals surface area (Å²) in [6, 6.07) is 4.98. The van der Waals surface area contributed by atoms with Gasteiger partial charge in [0.2, 0.25) is 5.91 Å². The number of nitrogens with one attached hydrogen (secondary N) is 3. The highest BCUT2D eigenvalue weighted by molar-refractivity contribution is 6.35. The fourth-order valence-corrected chi connectivity index (χ4v) is 2.39. The van der Waals surface area contributed by atoms with Crippen LogP contribution in [0.5, 0.6) is 0 Å². The molecule has 2 rings (SSSR count). The molecule has 6 heteroatoms. The van der Waals surface area contributed by atoms with Crippen LogP contribution in [-0.2, 0) is 4.79 Å². The largest absolute Gasteiger partial charge is 0.324 e. The van der Waals surface area contributed by atoms with Gasteiger partial charge in [0, 0.05) is 17.1 Å². The summed E-state index contributed by atoms with van der Waals surface area (Å²) in [4.78, 5) is 11.9. The van der Waals surface area contributed by atoms with Gasteiger partial charge in [-0.1, -0.05) is 23.2 Å². The molecule has 4 nitrogen and oxygen atoms in total. The number of halogens is 2. The van der Waals surface area contributed by atoms with Crippen molar-refractivity contribution in [2.24, 2.45) is 0 Å². The van der Waals surface area contributed by atoms with Gasteiger partial charge < -0.3 is 16.0 Å². The molecular formula is C13H17Cl2N3O. The van der Waals surface area contributed by atoms with Gasteiger partial charge in [-0.25, -0.2) is 0 Å². The summed E-state index contributed by atoms with van der Waals surface area (Å²) in [6.07, 6.45) is 1.01. The lowest BCUT2D eigenvalue weighted by molar-refractivity contribution is -0.115. The predicted molar refractivity (Wildman–Crippen MR) is 79.0 cm³/mol. The van der Waals surface area contributed by atoms with Crippen molar-refractivity contribution >= 4 is 34.8 Å². The first-order valence-electron chi connectivity index (χ1n) is 6.19. The first kappa shape index (κ1) is 14.6. The van der Waals surface area contributed by atoms with Crippen LogP contribution in [0.2, 0.25) is 10.0 Å². The highest BCUT2D eigenvalue weighted by atomic mass is 35.5. The molecule has 1 aromatic carbocycles. The smallest absolute Gasteiger partial charge is 0.238 e. The summed E-state index contributed by atoms with van der Waals surface area (Å²) in [5.74, 6) is -0.128. The second kappa shape index (κ2) is 6.09. The van der Waals surface area contributed by atoms with E-state index in [0.29, 0.717) is 15.7 Å². The summed E-state index contributed by atoms with van der Waals surface area (Å²) in [6.45, 7) is 4.21. The second-order valence-corrected chi connectivity index (χ2v) is 5.86. The number of amides is 1. The molecule has 1 amide bonds. The monoisotopic (exact) mass is 301 g/mol. The minimum atomic E-state index is -0.128. The fourth-order valence-electron chi connectivity index (χ4n) is 2.05. The topological polar surface area (TPSA) is 53.2 Å². The maximum absolute atomic E-state index is 11.9. The maximum atomic E-state index is 11.9. The van der Waals surface area contributed by atoms with E-state index in [1.807, 2.05) is 0 Å². The number of benzene rings is 1. The summed E-state index contributed by atoms with van der Waals surface area (Å²) < 4.78 is 0. The lowest BCUT2D eigenvalue weighted by atomic mass is 10.0. The zero-order chi connectivity index (χ0) is 13.9. The van der Waals surface area contributed by atoms with Gasteiger partial charge in [-0.3, -0.25) is 4.79 Å². The van der Waals surface area contributed by atoms with Crippen LogP contribution in [0.1, 0.15) is 13.3 Å². The van der Waals surface area contributed by atoms with Crippen molar-refractivity contribution in [3.63, 3.8) is 0 Å². The average Bonchev–Trinajstić information content (AvgIpc) is 2.79. The number of anilines is 1. The van der Waals surface area contributed by atoms with Crippen molar-refractivity contribution < 1.29 is 4.79 Å². The molecule has 0 saturated carbocycles. The van der Waals surface area contributed by atoms with E-state index < -0.39 is 0 Å². The van der Waals surface area contributed by atoms with E-state index in [-0.39, 0.29) is 18.0 Å². The van der Waals surface area contributed by atoms with Crippen molar-refractivity contribution in [1.82, 2.24) is 10.6 Å². The van der Waals surface area contributed by atoms with Crippen LogP contribution in [0.3, 0.4) is 0 Å². The highest BCUT2D eigenvalue weighted by Crippen LogP contribution is 2.25. The molecular weight excluding hydrogens is 285 g/mol. The third-order valence-electron chi connectivity index (χ3n) is 3.25. The zero-order valence-electron chi connectivity index (χ0n) is 10.7. The van der Waals surface area contributed by atoms with E-state index in [9.17, 15) is 4.79 Å². The number of rotatable bonds is 4. The van der Waals surface area contributed by atoms with Gasteiger partial charge in [0.15, 0.2) is 0 Å². The van der Waals surface area contributed by atoms with E-state index in [1.54, 1.807) is 18.2 Å². The van der Waals surface area contributed by atoms with Crippen molar-refractivity contribution in [2.45, 2.75) is 18.9 Å². The van der Waals surface area contributed by atoms with Crippen LogP contribution >= 0.6 is 23.2 Å². The number of carbonyl (C=O) groups excluding carboxylic acids is 1. The highest BCUT2D eigenvalue weighted by Gasteiger charge is 2.28. The molecule has 1 unspecified atom stereocenters. The summed E-state index contributed by atoms with van der Waals surface area (Å²) in [5, 5.41) is 10.3. The third-order valence-corrected chi connectivity index (χ3v) is 3.81. The van der Waals surface area contributed by atoms with Crippen LogP contribution in [0.15, 0.2) is 18.2 Å². The fraction of sp³-hybridized carbons (Fsp3) is 0.462. The maximum Gasteiger partial charge on any atom is 0.238 e. The zero-order valence-corrected chi connectivity index (χ0v) is 12.2. The molecule has 1 atom stereocenters. The number of hydrogen-bond donors (Lipinski definition) is 3. The van der Waals surface area contributed by atoms with Crippen LogP contribution in [0, 0.1) is 0 Å². The van der Waals surface area contributed by atoms with E-state index in [4.69, 9.17) is 23.2 Å². The first-order chi connectivity index (χ1) is 8.98. The molecule has 19 heavy (non-hydrogen) atoms. The minimum absolute atomic E-state index is 0.0184. The van der Waals surface area contributed by atoms with Gasteiger partial charge in [0.25, 0.3) is 0 Å². The molecule has 104 valence electrons. The van der Waals surface area contributed by atoms with Gasteiger partial charge in [0.1, 0.15) is 0 Å². The lowest BCUT2D eigenvalue weighted by Crippen LogP contribution is -2.47. The van der Waals surface area contributed by atoms with Gasteiger partial charge in [-0.2, -0.15) is 0 Å². The van der Waals surface area contributed by atoms with Crippen LogP contribution in [0.4, 0.5) is 5.69 Å². The van der Waals surface area contributed by atoms with Gasteiger partial charge in [-0.05, 0) is 38.1 Å². The minimum Gasteiger partial charge on any atom is -0.324 e. The first-order valence-corrected chi connectivity index (χ1v) is 6.95. The van der Waals surface area contributed by atoms with E-state index >= 15 is 0 Å². The Hall–Kier alpha value is -0.810. The van der Waals surface area contributed by atoms with Crippen molar-refractivity contribution in [1.29, 1.82) is 0 Å². The molecule has 0 aromatic heterocycles. The van der Waals surface area contributed by atoms with E-state index in [1.165, 1.54) is 0 Å². The van der Waals surface area contributed by atoms with E-state index in [0.717, 1.165) is 19.5 Å². The van der Waals surface area contributed by atoms with Crippen molar-refractivity contribution in [3.05, 3.63) is 28.2 Å². The molecule has 1 aromatic rings. The summed E-state index contributed by atoms with van der Waals surface area (Å²) in [7, 11) is 0. The molecule has 0 aliphatic carbocycles. The molecule has 1 fully saturated rings. The van der Waals surface area contributed by atoms with Crippen molar-refractivity contribution in [2.75, 3.05) is 25.0 Å². The molecule has 3 N–H and O–H groups in total. The Labute approximate surface area is 122 Å². The standard InChI is InChI=1S/C13H17Cl2N3O/c1-13(4-5-16-8-13)17-7-12(19)18-11-6-9(14)2-3-10(11)15/h2-3,6,16-17H,4-5,7-8H2,1H3,(H,18,19). The summed E-state index contributed by atoms with van der Waals surface area (Å²) >= 11 is 11.9. The normalized spacial score (nSPS) is 22.5. The molecule has 1 saturated heterocycles. The van der Waals surface area contributed by atoms with Gasteiger partial charge >= 0.3 is 0 Å². The number of hydrogen-bond acceptors (Lipinski definition) is 3. The van der Waals surface area contributed by atoms with Crippen LogP contribution < -0.4 is 16.0 Å². The Balaban J connectivity index is 1.89. The summed E-state index contributed by atoms with van der Waals surface area (Å²) in [5.41, 5.74) is 0.519. The predicted octanol–water partition coefficient (Wildman–Crippen LogP) is 2.27. The Morgan fingerprint density at radius 3 is 2.95 bits per heavy atom. The van der Waals surface area contributed by atoms with Crippen molar-refractivity contribution in [3.8, 4) is 0 Å². The Kier molecular flexibility index (Phi) is 4.68. The van der Waals surface area contributed by atoms with Gasteiger partial charge in [-0.15, -0.1) is 0 Å². The SMILES string of the molecule is CC1(NCC(=O)Nc2cc(Cl)ccc2Cl)CCNC1. The average molecular weight is 302 g/mol. The molecule has 0 radical (unpaired) electrons. The quantitative estimate of drug-likeness (QED) is 0.800. The molecule has 0 spiro atoms. The molecule has 1 aliphatic heterocycles. The molecule has 0 bridgehead atoms. The Morgan fingerprint density at radius 1 is 1.47 bits per heavy atom.